The van der Waals surface area contributed by atoms with E-state index in [1.807, 2.05) is 24.3 Å². The normalized spacial score (nSPS) is 27.8. The van der Waals surface area contributed by atoms with E-state index < -0.39 is 5.54 Å². The van der Waals surface area contributed by atoms with Crippen molar-refractivity contribution < 1.29 is 9.53 Å². The van der Waals surface area contributed by atoms with Crippen LogP contribution in [0.15, 0.2) is 24.3 Å². The van der Waals surface area contributed by atoms with Crippen molar-refractivity contribution in [1.29, 1.82) is 0 Å². The molecule has 1 atom stereocenters. The van der Waals surface area contributed by atoms with Crippen molar-refractivity contribution in [2.45, 2.75) is 12.1 Å². The summed E-state index contributed by atoms with van der Waals surface area (Å²) < 4.78 is 5.66. The first-order valence-electron chi connectivity index (χ1n) is 6.67. The quantitative estimate of drug-likeness (QED) is 0.774. The van der Waals surface area contributed by atoms with Crippen molar-refractivity contribution >= 4 is 5.91 Å². The molecule has 2 aliphatic rings. The molecule has 0 spiro atoms. The van der Waals surface area contributed by atoms with Crippen LogP contribution in [0.5, 0.6) is 0 Å². The van der Waals surface area contributed by atoms with Gasteiger partial charge in [-0.3, -0.25) is 9.69 Å². The number of nitrogens with two attached hydrogens (primary N) is 1. The molecule has 0 aromatic heterocycles. The van der Waals surface area contributed by atoms with Crippen molar-refractivity contribution in [2.75, 3.05) is 32.8 Å². The maximum Gasteiger partial charge on any atom is 0.245 e. The third-order valence-electron chi connectivity index (χ3n) is 4.10. The average molecular weight is 261 g/mol. The van der Waals surface area contributed by atoms with E-state index >= 15 is 0 Å². The summed E-state index contributed by atoms with van der Waals surface area (Å²) >= 11 is 0. The Labute approximate surface area is 112 Å². The predicted octanol–water partition coefficient (Wildman–Crippen LogP) is -0.197. The van der Waals surface area contributed by atoms with E-state index in [1.54, 1.807) is 0 Å². The molecule has 1 fully saturated rings. The summed E-state index contributed by atoms with van der Waals surface area (Å²) in [7, 11) is 0. The Bertz CT molecular complexity index is 485. The number of ether oxygens (including phenoxy) is 1. The summed E-state index contributed by atoms with van der Waals surface area (Å²) in [5.74, 6) is -0.318. The SMILES string of the molecule is NC(=O)C1(N2CCNCC2)COCc2ccccc21. The Balaban J connectivity index is 2.08. The number of nitrogens with one attached hydrogen (secondary N) is 1. The second-order valence-corrected chi connectivity index (χ2v) is 5.11. The van der Waals surface area contributed by atoms with Crippen LogP contribution in [0.2, 0.25) is 0 Å². The highest BCUT2D eigenvalue weighted by Gasteiger charge is 2.47. The zero-order valence-corrected chi connectivity index (χ0v) is 10.9. The van der Waals surface area contributed by atoms with E-state index in [-0.39, 0.29) is 5.91 Å². The number of nitrogens with zero attached hydrogens (tertiary/aromatic N) is 1. The lowest BCUT2D eigenvalue weighted by Crippen LogP contribution is -2.63. The third kappa shape index (κ3) is 1.94. The van der Waals surface area contributed by atoms with E-state index in [2.05, 4.69) is 10.2 Å². The molecule has 1 saturated heterocycles. The molecule has 3 N–H and O–H groups in total. The smallest absolute Gasteiger partial charge is 0.245 e. The van der Waals surface area contributed by atoms with E-state index in [0.717, 1.165) is 37.3 Å². The van der Waals surface area contributed by atoms with Gasteiger partial charge in [0.15, 0.2) is 0 Å². The van der Waals surface area contributed by atoms with Crippen LogP contribution >= 0.6 is 0 Å². The van der Waals surface area contributed by atoms with Crippen LogP contribution in [0.3, 0.4) is 0 Å². The van der Waals surface area contributed by atoms with Crippen LogP contribution in [-0.4, -0.2) is 43.6 Å². The highest BCUT2D eigenvalue weighted by molar-refractivity contribution is 5.87. The van der Waals surface area contributed by atoms with Crippen molar-refractivity contribution in [2.24, 2.45) is 5.73 Å². The van der Waals surface area contributed by atoms with Gasteiger partial charge in [-0.15, -0.1) is 0 Å². The highest BCUT2D eigenvalue weighted by Crippen LogP contribution is 2.35. The number of carbonyl (C=O) groups is 1. The van der Waals surface area contributed by atoms with Crippen molar-refractivity contribution in [3.05, 3.63) is 35.4 Å². The van der Waals surface area contributed by atoms with Crippen LogP contribution in [-0.2, 0) is 21.7 Å². The maximum atomic E-state index is 12.2. The summed E-state index contributed by atoms with van der Waals surface area (Å²) in [6, 6.07) is 7.94. The number of rotatable bonds is 2. The Kier molecular flexibility index (Phi) is 3.26. The van der Waals surface area contributed by atoms with Crippen molar-refractivity contribution in [3.63, 3.8) is 0 Å². The van der Waals surface area contributed by atoms with Gasteiger partial charge >= 0.3 is 0 Å². The Morgan fingerprint density at radius 1 is 1.32 bits per heavy atom. The molecule has 1 unspecified atom stereocenters. The molecule has 1 aromatic carbocycles. The Hall–Kier alpha value is -1.43. The molecule has 2 aliphatic heterocycles. The summed E-state index contributed by atoms with van der Waals surface area (Å²) in [6.45, 7) is 4.26. The van der Waals surface area contributed by atoms with Gasteiger partial charge in [-0.05, 0) is 11.1 Å². The largest absolute Gasteiger partial charge is 0.374 e. The number of amides is 1. The monoisotopic (exact) mass is 261 g/mol. The highest BCUT2D eigenvalue weighted by atomic mass is 16.5. The van der Waals surface area contributed by atoms with Gasteiger partial charge in [0, 0.05) is 26.2 Å². The van der Waals surface area contributed by atoms with E-state index in [9.17, 15) is 4.79 Å². The molecule has 0 bridgehead atoms. The third-order valence-corrected chi connectivity index (χ3v) is 4.10. The molecular formula is C14H19N3O2. The average Bonchev–Trinajstić information content (AvgIpc) is 2.47. The fourth-order valence-corrected chi connectivity index (χ4v) is 3.10. The minimum atomic E-state index is -0.809. The standard InChI is InChI=1S/C14H19N3O2/c15-13(18)14(17-7-5-16-6-8-17)10-19-9-11-3-1-2-4-12(11)14/h1-4,16H,5-10H2,(H2,15,18). The summed E-state index contributed by atoms with van der Waals surface area (Å²) in [6.07, 6.45) is 0. The molecular weight excluding hydrogens is 242 g/mol. The number of fused-ring (bicyclic) bond motifs is 1. The Morgan fingerprint density at radius 2 is 2.05 bits per heavy atom. The lowest BCUT2D eigenvalue weighted by atomic mass is 9.82. The summed E-state index contributed by atoms with van der Waals surface area (Å²) in [5, 5.41) is 3.30. The second kappa shape index (κ2) is 4.92. The zero-order chi connectivity index (χ0) is 13.3. The van der Waals surface area contributed by atoms with Gasteiger partial charge in [-0.1, -0.05) is 24.3 Å². The van der Waals surface area contributed by atoms with Crippen molar-refractivity contribution in [1.82, 2.24) is 10.2 Å². The predicted molar refractivity (Wildman–Crippen MR) is 71.4 cm³/mol. The first kappa shape index (κ1) is 12.6. The van der Waals surface area contributed by atoms with E-state index in [4.69, 9.17) is 10.5 Å². The molecule has 0 aliphatic carbocycles. The van der Waals surface area contributed by atoms with Gasteiger partial charge in [0.05, 0.1) is 13.2 Å². The molecule has 1 aromatic rings. The second-order valence-electron chi connectivity index (χ2n) is 5.11. The lowest BCUT2D eigenvalue weighted by molar-refractivity contribution is -0.139. The molecule has 3 rings (SSSR count). The van der Waals surface area contributed by atoms with E-state index in [0.29, 0.717) is 13.2 Å². The number of carbonyl (C=O) groups excluding carboxylic acids is 1. The minimum absolute atomic E-state index is 0.318. The Morgan fingerprint density at radius 3 is 2.79 bits per heavy atom. The maximum absolute atomic E-state index is 12.2. The first-order chi connectivity index (χ1) is 9.25. The van der Waals surface area contributed by atoms with Crippen LogP contribution < -0.4 is 11.1 Å². The van der Waals surface area contributed by atoms with Gasteiger partial charge in [0.2, 0.25) is 5.91 Å². The van der Waals surface area contributed by atoms with E-state index in [1.165, 1.54) is 0 Å². The van der Waals surface area contributed by atoms with Gasteiger partial charge in [0.25, 0.3) is 0 Å². The van der Waals surface area contributed by atoms with Gasteiger partial charge in [-0.25, -0.2) is 0 Å². The first-order valence-corrected chi connectivity index (χ1v) is 6.67. The number of piperazine rings is 1. The molecule has 0 saturated carbocycles. The molecule has 2 heterocycles. The fraction of sp³-hybridized carbons (Fsp3) is 0.500. The lowest BCUT2D eigenvalue weighted by Gasteiger charge is -2.46. The number of primary amides is 1. The summed E-state index contributed by atoms with van der Waals surface area (Å²) in [4.78, 5) is 14.4. The van der Waals surface area contributed by atoms with Crippen LogP contribution in [0.25, 0.3) is 0 Å². The molecule has 19 heavy (non-hydrogen) atoms. The molecule has 5 heteroatoms. The molecule has 102 valence electrons. The van der Waals surface area contributed by atoms with Crippen LogP contribution in [0.4, 0.5) is 0 Å². The topological polar surface area (TPSA) is 67.6 Å². The molecule has 5 nitrogen and oxygen atoms in total. The van der Waals surface area contributed by atoms with Crippen LogP contribution in [0.1, 0.15) is 11.1 Å². The van der Waals surface area contributed by atoms with Crippen LogP contribution in [0, 0.1) is 0 Å². The molecule has 0 radical (unpaired) electrons. The fourth-order valence-electron chi connectivity index (χ4n) is 3.10. The number of hydrogen-bond acceptors (Lipinski definition) is 4. The number of hydrogen-bond donors (Lipinski definition) is 2. The number of benzene rings is 1. The summed E-state index contributed by atoms with van der Waals surface area (Å²) in [5.41, 5.74) is 7.03. The minimum Gasteiger partial charge on any atom is -0.374 e. The molecule has 1 amide bonds. The van der Waals surface area contributed by atoms with Crippen molar-refractivity contribution in [3.8, 4) is 0 Å². The van der Waals surface area contributed by atoms with Gasteiger partial charge < -0.3 is 15.8 Å². The zero-order valence-electron chi connectivity index (χ0n) is 10.9. The van der Waals surface area contributed by atoms with Gasteiger partial charge in [-0.2, -0.15) is 0 Å². The van der Waals surface area contributed by atoms with Gasteiger partial charge in [0.1, 0.15) is 5.54 Å².